The highest BCUT2D eigenvalue weighted by Crippen LogP contribution is 2.47. The van der Waals surface area contributed by atoms with Crippen molar-refractivity contribution in [1.29, 1.82) is 5.26 Å². The van der Waals surface area contributed by atoms with Crippen molar-refractivity contribution < 1.29 is 13.9 Å². The van der Waals surface area contributed by atoms with Crippen LogP contribution in [-0.2, 0) is 14.9 Å². The van der Waals surface area contributed by atoms with Gasteiger partial charge in [0.1, 0.15) is 28.2 Å². The minimum absolute atomic E-state index is 0.0664. The van der Waals surface area contributed by atoms with Crippen LogP contribution in [0.5, 0.6) is 0 Å². The van der Waals surface area contributed by atoms with Crippen molar-refractivity contribution in [3.63, 3.8) is 0 Å². The highest BCUT2D eigenvalue weighted by Gasteiger charge is 2.53. The van der Waals surface area contributed by atoms with Gasteiger partial charge in [-0.15, -0.1) is 5.10 Å². The predicted octanol–water partition coefficient (Wildman–Crippen LogP) is 2.51. The standard InChI is InChI=1S/C23H13N5O4/c24-11-15-19(25)32-18(10-23(15)14-6-2-3-7-16(14)26-22(23)30)28-21(29)13-9-12-5-1-4-8-17(12)31-20(13)27-28/h1-10H,25H2,(H,26,30). The third kappa shape index (κ3) is 2.18. The molecular weight excluding hydrogens is 410 g/mol. The van der Waals surface area contributed by atoms with Crippen molar-refractivity contribution in [2.75, 3.05) is 5.32 Å². The molecule has 0 saturated heterocycles. The van der Waals surface area contributed by atoms with E-state index in [2.05, 4.69) is 10.4 Å². The molecule has 2 aromatic carbocycles. The van der Waals surface area contributed by atoms with E-state index in [9.17, 15) is 14.9 Å². The van der Waals surface area contributed by atoms with E-state index in [-0.39, 0.29) is 28.8 Å². The van der Waals surface area contributed by atoms with Crippen LogP contribution in [0.3, 0.4) is 0 Å². The van der Waals surface area contributed by atoms with Crippen molar-refractivity contribution in [2.45, 2.75) is 5.41 Å². The van der Waals surface area contributed by atoms with E-state index in [4.69, 9.17) is 14.9 Å². The normalized spacial score (nSPS) is 19.6. The van der Waals surface area contributed by atoms with Crippen LogP contribution in [0.25, 0.3) is 28.3 Å². The lowest BCUT2D eigenvalue weighted by molar-refractivity contribution is -0.118. The largest absolute Gasteiger partial charge is 0.436 e. The Bertz CT molecular complexity index is 1600. The summed E-state index contributed by atoms with van der Waals surface area (Å²) in [6.07, 6.45) is 1.40. The molecule has 9 nitrogen and oxygen atoms in total. The van der Waals surface area contributed by atoms with Crippen molar-refractivity contribution in [3.05, 3.63) is 88.0 Å². The Morgan fingerprint density at radius 2 is 1.91 bits per heavy atom. The van der Waals surface area contributed by atoms with E-state index in [0.29, 0.717) is 16.8 Å². The zero-order chi connectivity index (χ0) is 22.0. The molecule has 154 valence electrons. The van der Waals surface area contributed by atoms with Gasteiger partial charge in [0, 0.05) is 22.7 Å². The molecule has 2 aromatic rings. The summed E-state index contributed by atoms with van der Waals surface area (Å²) in [5.74, 6) is -0.734. The number of carbonyl (C=O) groups excluding carboxylic acids is 1. The smallest absolute Gasteiger partial charge is 0.287 e. The van der Waals surface area contributed by atoms with Crippen molar-refractivity contribution in [2.24, 2.45) is 5.73 Å². The Balaban J connectivity index is 1.62. The number of rotatable bonds is 1. The lowest BCUT2D eigenvalue weighted by Gasteiger charge is -2.29. The van der Waals surface area contributed by atoms with Gasteiger partial charge in [-0.25, -0.2) is 0 Å². The van der Waals surface area contributed by atoms with Gasteiger partial charge < -0.3 is 20.2 Å². The van der Waals surface area contributed by atoms with Gasteiger partial charge in [-0.1, -0.05) is 36.4 Å². The third-order valence-corrected chi connectivity index (χ3v) is 5.74. The number of nitriles is 1. The van der Waals surface area contributed by atoms with Crippen LogP contribution in [0.2, 0.25) is 0 Å². The number of fused-ring (bicyclic) bond motifs is 4. The number of hydrogen-bond acceptors (Lipinski definition) is 7. The molecule has 1 spiro atoms. The highest BCUT2D eigenvalue weighted by atomic mass is 16.5. The maximum atomic E-state index is 13.2. The zero-order valence-electron chi connectivity index (χ0n) is 16.3. The molecule has 0 saturated carbocycles. The van der Waals surface area contributed by atoms with Gasteiger partial charge in [0.25, 0.3) is 5.56 Å². The monoisotopic (exact) mass is 423 g/mol. The first kappa shape index (κ1) is 18.0. The maximum absolute atomic E-state index is 13.2. The van der Waals surface area contributed by atoms with Crippen LogP contribution in [0.1, 0.15) is 5.56 Å². The van der Waals surface area contributed by atoms with Gasteiger partial charge in [-0.3, -0.25) is 9.59 Å². The number of nitrogens with zero attached hydrogens (tertiary/aromatic N) is 3. The first-order valence-electron chi connectivity index (χ1n) is 9.67. The van der Waals surface area contributed by atoms with E-state index < -0.39 is 16.9 Å². The van der Waals surface area contributed by atoms with Crippen molar-refractivity contribution in [1.82, 2.24) is 9.78 Å². The molecule has 32 heavy (non-hydrogen) atoms. The minimum atomic E-state index is -1.55. The van der Waals surface area contributed by atoms with Crippen LogP contribution in [0.15, 0.2) is 81.3 Å². The number of hydrogen-bond donors (Lipinski definition) is 2. The molecule has 1 unspecified atom stereocenters. The van der Waals surface area contributed by atoms with Crippen LogP contribution >= 0.6 is 0 Å². The molecule has 0 aliphatic carbocycles. The van der Waals surface area contributed by atoms with Crippen LogP contribution in [-0.4, -0.2) is 15.7 Å². The molecule has 1 atom stereocenters. The molecule has 4 aliphatic rings. The number of anilines is 1. The summed E-state index contributed by atoms with van der Waals surface area (Å²) in [6, 6.07) is 17.9. The molecule has 3 N–H and O–H groups in total. The maximum Gasteiger partial charge on any atom is 0.287 e. The summed E-state index contributed by atoms with van der Waals surface area (Å²) >= 11 is 0. The fourth-order valence-electron chi connectivity index (χ4n) is 4.26. The molecule has 0 bridgehead atoms. The lowest BCUT2D eigenvalue weighted by Crippen LogP contribution is -2.40. The number of benzene rings is 2. The van der Waals surface area contributed by atoms with Crippen LogP contribution in [0, 0.1) is 11.3 Å². The van der Waals surface area contributed by atoms with Gasteiger partial charge in [0.2, 0.25) is 23.6 Å². The fourth-order valence-corrected chi connectivity index (χ4v) is 4.26. The Kier molecular flexibility index (Phi) is 3.42. The van der Waals surface area contributed by atoms with Crippen molar-refractivity contribution in [3.8, 4) is 17.5 Å². The second kappa shape index (κ2) is 6.09. The van der Waals surface area contributed by atoms with Gasteiger partial charge in [-0.05, 0) is 18.2 Å². The average molecular weight is 423 g/mol. The molecule has 0 aromatic heterocycles. The Hall–Kier alpha value is -4.84. The Labute approximate surface area is 180 Å². The molecular formula is C23H13N5O4. The number of nitrogens with one attached hydrogen (secondary N) is 1. The predicted molar refractivity (Wildman–Crippen MR) is 114 cm³/mol. The van der Waals surface area contributed by atoms with Gasteiger partial charge >= 0.3 is 0 Å². The summed E-state index contributed by atoms with van der Waals surface area (Å²) in [7, 11) is 0. The summed E-state index contributed by atoms with van der Waals surface area (Å²) in [6.45, 7) is 0. The summed E-state index contributed by atoms with van der Waals surface area (Å²) in [5, 5.41) is 17.6. The second-order valence-electron chi connectivity index (χ2n) is 7.46. The minimum Gasteiger partial charge on any atom is -0.436 e. The number of amides is 1. The van der Waals surface area contributed by atoms with E-state index in [1.165, 1.54) is 6.08 Å². The fraction of sp³-hybridized carbons (Fsp3) is 0.0435. The molecule has 9 heteroatoms. The third-order valence-electron chi connectivity index (χ3n) is 5.74. The van der Waals surface area contributed by atoms with Crippen LogP contribution < -0.4 is 16.6 Å². The molecule has 6 rings (SSSR count). The lowest BCUT2D eigenvalue weighted by atomic mass is 9.74. The van der Waals surface area contributed by atoms with Gasteiger partial charge in [0.15, 0.2) is 0 Å². The van der Waals surface area contributed by atoms with E-state index in [1.54, 1.807) is 36.4 Å². The van der Waals surface area contributed by atoms with Crippen LogP contribution in [0.4, 0.5) is 5.69 Å². The first-order valence-corrected chi connectivity index (χ1v) is 9.67. The topological polar surface area (TPSA) is 136 Å². The first-order chi connectivity index (χ1) is 15.5. The number of carbonyl (C=O) groups is 1. The highest BCUT2D eigenvalue weighted by molar-refractivity contribution is 6.11. The molecule has 1 amide bonds. The zero-order valence-corrected chi connectivity index (χ0v) is 16.3. The van der Waals surface area contributed by atoms with Gasteiger partial charge in [0.05, 0.1) is 0 Å². The summed E-state index contributed by atoms with van der Waals surface area (Å²) in [4.78, 5) is 26.3. The Morgan fingerprint density at radius 3 is 2.75 bits per heavy atom. The number of nitrogens with two attached hydrogens (primary N) is 1. The summed E-state index contributed by atoms with van der Waals surface area (Å²) < 4.78 is 12.4. The second-order valence-corrected chi connectivity index (χ2v) is 7.46. The number of ether oxygens (including phenoxy) is 1. The molecule has 4 aliphatic heterocycles. The quantitative estimate of drug-likeness (QED) is 0.480. The number of aromatic nitrogens is 2. The SMILES string of the molecule is N#CC1=C(N)OC(n2nc3oc4ccccc4cc-3c2=O)=CC12C(=O)Nc1ccccc12. The molecule has 0 fully saturated rings. The summed E-state index contributed by atoms with van der Waals surface area (Å²) in [5.41, 5.74) is 5.83. The average Bonchev–Trinajstić information content (AvgIpc) is 3.26. The Morgan fingerprint density at radius 1 is 1.12 bits per heavy atom. The van der Waals surface area contributed by atoms with E-state index >= 15 is 0 Å². The van der Waals surface area contributed by atoms with Gasteiger partial charge in [-0.2, -0.15) is 9.94 Å². The number of para-hydroxylation sites is 2. The molecule has 0 radical (unpaired) electrons. The van der Waals surface area contributed by atoms with E-state index in [0.717, 1.165) is 10.1 Å². The van der Waals surface area contributed by atoms with Crippen molar-refractivity contribution >= 4 is 28.4 Å². The molecule has 4 heterocycles. The van der Waals surface area contributed by atoms with E-state index in [1.807, 2.05) is 24.3 Å².